The van der Waals surface area contributed by atoms with E-state index in [-0.39, 0.29) is 17.5 Å². The molecule has 2 rings (SSSR count). The summed E-state index contributed by atoms with van der Waals surface area (Å²) < 4.78 is 31.5. The molecule has 0 radical (unpaired) electrons. The number of hydrogen-bond donors (Lipinski definition) is 1. The van der Waals surface area contributed by atoms with Gasteiger partial charge >= 0.3 is 0 Å². The molecule has 2 aromatic carbocycles. The van der Waals surface area contributed by atoms with E-state index in [0.717, 1.165) is 0 Å². The smallest absolute Gasteiger partial charge is 0.262 e. The second-order valence-corrected chi connectivity index (χ2v) is 8.89. The van der Waals surface area contributed by atoms with Crippen LogP contribution in [0.15, 0.2) is 47.4 Å². The molecule has 2 aromatic rings. The molecule has 0 aliphatic rings. The van der Waals surface area contributed by atoms with Gasteiger partial charge in [-0.3, -0.25) is 4.79 Å². The van der Waals surface area contributed by atoms with Gasteiger partial charge in [0.1, 0.15) is 5.75 Å². The van der Waals surface area contributed by atoms with Crippen LogP contribution in [0.25, 0.3) is 0 Å². The van der Waals surface area contributed by atoms with Gasteiger partial charge in [0.25, 0.3) is 5.91 Å². The lowest BCUT2D eigenvalue weighted by molar-refractivity contribution is -0.118. The molecule has 9 heteroatoms. The van der Waals surface area contributed by atoms with E-state index < -0.39 is 15.9 Å². The van der Waals surface area contributed by atoms with Crippen LogP contribution in [0.3, 0.4) is 0 Å². The van der Waals surface area contributed by atoms with E-state index in [1.54, 1.807) is 26.0 Å². The molecule has 6 nitrogen and oxygen atoms in total. The maximum absolute atomic E-state index is 12.4. The van der Waals surface area contributed by atoms with Crippen molar-refractivity contribution in [2.24, 2.45) is 0 Å². The lowest BCUT2D eigenvalue weighted by Gasteiger charge is -2.21. The Morgan fingerprint density at radius 2 is 1.78 bits per heavy atom. The minimum atomic E-state index is -3.57. The van der Waals surface area contributed by atoms with E-state index in [0.29, 0.717) is 21.5 Å². The number of nitrogens with one attached hydrogen (secondary N) is 1. The fourth-order valence-corrected chi connectivity index (χ4v) is 3.78. The van der Waals surface area contributed by atoms with Crippen LogP contribution in [0.5, 0.6) is 5.75 Å². The van der Waals surface area contributed by atoms with Gasteiger partial charge in [0.2, 0.25) is 10.0 Å². The van der Waals surface area contributed by atoms with Crippen LogP contribution in [-0.4, -0.2) is 38.3 Å². The lowest BCUT2D eigenvalue weighted by Crippen LogP contribution is -2.33. The van der Waals surface area contributed by atoms with Gasteiger partial charge in [-0.25, -0.2) is 8.42 Å². The first-order valence-electron chi connectivity index (χ1n) is 8.07. The number of nitrogens with zero attached hydrogens (tertiary/aromatic N) is 1. The molecule has 0 atom stereocenters. The first kappa shape index (κ1) is 21.5. The van der Waals surface area contributed by atoms with Crippen LogP contribution in [0.1, 0.15) is 13.8 Å². The minimum absolute atomic E-state index is 0.152. The Morgan fingerprint density at radius 3 is 2.37 bits per heavy atom. The number of hydrogen-bond acceptors (Lipinski definition) is 4. The van der Waals surface area contributed by atoms with E-state index in [9.17, 15) is 13.2 Å². The summed E-state index contributed by atoms with van der Waals surface area (Å²) in [4.78, 5) is 12.2. The van der Waals surface area contributed by atoms with Gasteiger partial charge in [0.05, 0.1) is 9.92 Å². The van der Waals surface area contributed by atoms with E-state index >= 15 is 0 Å². The molecule has 0 heterocycles. The number of carbonyl (C=O) groups is 1. The molecular weight excluding hydrogens is 411 g/mol. The highest BCUT2D eigenvalue weighted by Crippen LogP contribution is 2.27. The van der Waals surface area contributed by atoms with Crippen LogP contribution in [0.4, 0.5) is 5.69 Å². The molecule has 0 aliphatic carbocycles. The number of benzene rings is 2. The molecule has 146 valence electrons. The van der Waals surface area contributed by atoms with Crippen LogP contribution in [-0.2, 0) is 14.8 Å². The fraction of sp³-hybridized carbons (Fsp3) is 0.278. The normalized spacial score (nSPS) is 11.7. The molecule has 0 saturated heterocycles. The Balaban J connectivity index is 2.00. The zero-order valence-corrected chi connectivity index (χ0v) is 17.4. The van der Waals surface area contributed by atoms with Gasteiger partial charge in [0, 0.05) is 29.9 Å². The van der Waals surface area contributed by atoms with Crippen molar-refractivity contribution < 1.29 is 17.9 Å². The second-order valence-electron chi connectivity index (χ2n) is 6.05. The monoisotopic (exact) mass is 430 g/mol. The number of rotatable bonds is 7. The zero-order chi connectivity index (χ0) is 20.2. The highest BCUT2D eigenvalue weighted by Gasteiger charge is 2.22. The SMILES string of the molecule is CC(C)N(C)S(=O)(=O)c1ccc(NC(=O)COc2cc(Cl)ccc2Cl)cc1. The first-order valence-corrected chi connectivity index (χ1v) is 10.3. The summed E-state index contributed by atoms with van der Waals surface area (Å²) in [7, 11) is -2.05. The van der Waals surface area contributed by atoms with Crippen molar-refractivity contribution in [3.63, 3.8) is 0 Å². The predicted molar refractivity (Wildman–Crippen MR) is 107 cm³/mol. The molecular formula is C18H20Cl2N2O4S. The molecule has 0 bridgehead atoms. The Hall–Kier alpha value is -1.80. The van der Waals surface area contributed by atoms with Crippen LogP contribution < -0.4 is 10.1 Å². The fourth-order valence-electron chi connectivity index (χ4n) is 2.08. The number of halogens is 2. The van der Waals surface area contributed by atoms with Crippen molar-refractivity contribution in [2.75, 3.05) is 19.0 Å². The van der Waals surface area contributed by atoms with Crippen molar-refractivity contribution in [2.45, 2.75) is 24.8 Å². The van der Waals surface area contributed by atoms with E-state index in [4.69, 9.17) is 27.9 Å². The van der Waals surface area contributed by atoms with Crippen molar-refractivity contribution in [3.05, 3.63) is 52.5 Å². The second kappa shape index (κ2) is 8.93. The van der Waals surface area contributed by atoms with Crippen LogP contribution >= 0.6 is 23.2 Å². The van der Waals surface area contributed by atoms with E-state index in [1.807, 2.05) is 0 Å². The lowest BCUT2D eigenvalue weighted by atomic mass is 10.3. The van der Waals surface area contributed by atoms with Crippen LogP contribution in [0.2, 0.25) is 10.0 Å². The van der Waals surface area contributed by atoms with Gasteiger partial charge in [-0.1, -0.05) is 23.2 Å². The maximum Gasteiger partial charge on any atom is 0.262 e. The first-order chi connectivity index (χ1) is 12.6. The molecule has 0 aromatic heterocycles. The number of carbonyl (C=O) groups excluding carboxylic acids is 1. The summed E-state index contributed by atoms with van der Waals surface area (Å²) >= 11 is 11.8. The van der Waals surface area contributed by atoms with Crippen molar-refractivity contribution in [1.29, 1.82) is 0 Å². The van der Waals surface area contributed by atoms with Crippen molar-refractivity contribution in [1.82, 2.24) is 4.31 Å². The van der Waals surface area contributed by atoms with Crippen molar-refractivity contribution in [3.8, 4) is 5.75 Å². The molecule has 0 unspecified atom stereocenters. The Morgan fingerprint density at radius 1 is 1.15 bits per heavy atom. The van der Waals surface area contributed by atoms with Gasteiger partial charge in [-0.15, -0.1) is 0 Å². The largest absolute Gasteiger partial charge is 0.482 e. The average Bonchev–Trinajstić information content (AvgIpc) is 2.62. The van der Waals surface area contributed by atoms with E-state index in [1.165, 1.54) is 41.7 Å². The highest BCUT2D eigenvalue weighted by molar-refractivity contribution is 7.89. The third-order valence-electron chi connectivity index (χ3n) is 3.79. The topological polar surface area (TPSA) is 75.7 Å². The highest BCUT2D eigenvalue weighted by atomic mass is 35.5. The quantitative estimate of drug-likeness (QED) is 0.718. The minimum Gasteiger partial charge on any atom is -0.482 e. The summed E-state index contributed by atoms with van der Waals surface area (Å²) in [6.07, 6.45) is 0. The van der Waals surface area contributed by atoms with Crippen molar-refractivity contribution >= 4 is 44.8 Å². The summed E-state index contributed by atoms with van der Waals surface area (Å²) in [5, 5.41) is 3.41. The van der Waals surface area contributed by atoms with Gasteiger partial charge in [-0.2, -0.15) is 4.31 Å². The Kier molecular flexibility index (Phi) is 7.11. The number of anilines is 1. The molecule has 0 saturated carbocycles. The summed E-state index contributed by atoms with van der Waals surface area (Å²) in [5.74, 6) is -0.113. The Labute approximate surface area is 169 Å². The molecule has 0 fully saturated rings. The molecule has 1 amide bonds. The summed E-state index contributed by atoms with van der Waals surface area (Å²) in [5.41, 5.74) is 0.451. The number of sulfonamides is 1. The van der Waals surface area contributed by atoms with Gasteiger partial charge in [0.15, 0.2) is 6.61 Å². The molecule has 27 heavy (non-hydrogen) atoms. The third-order valence-corrected chi connectivity index (χ3v) is 6.39. The number of amides is 1. The Bertz CT molecular complexity index is 915. The standard InChI is InChI=1S/C18H20Cl2N2O4S/c1-12(2)22(3)27(24,25)15-7-5-14(6-8-15)21-18(23)11-26-17-10-13(19)4-9-16(17)20/h4-10,12H,11H2,1-3H3,(H,21,23). The summed E-state index contributed by atoms with van der Waals surface area (Å²) in [6.45, 7) is 3.31. The molecule has 1 N–H and O–H groups in total. The predicted octanol–water partition coefficient (Wildman–Crippen LogP) is 4.04. The van der Waals surface area contributed by atoms with Crippen LogP contribution in [0, 0.1) is 0 Å². The number of ether oxygens (including phenoxy) is 1. The van der Waals surface area contributed by atoms with E-state index in [2.05, 4.69) is 5.32 Å². The zero-order valence-electron chi connectivity index (χ0n) is 15.1. The third kappa shape index (κ3) is 5.59. The molecule has 0 aliphatic heterocycles. The van der Waals surface area contributed by atoms with Gasteiger partial charge < -0.3 is 10.1 Å². The molecule has 0 spiro atoms. The van der Waals surface area contributed by atoms with Gasteiger partial charge in [-0.05, 0) is 50.2 Å². The average molecular weight is 431 g/mol. The maximum atomic E-state index is 12.4. The summed E-state index contributed by atoms with van der Waals surface area (Å²) in [6, 6.07) is 10.5.